The van der Waals surface area contributed by atoms with Crippen molar-refractivity contribution in [3.05, 3.63) is 27.9 Å². The number of hydrogen-bond acceptors (Lipinski definition) is 4. The summed E-state index contributed by atoms with van der Waals surface area (Å²) in [6, 6.07) is 1.66. The first-order chi connectivity index (χ1) is 8.29. The van der Waals surface area contributed by atoms with Gasteiger partial charge in [0.1, 0.15) is 5.82 Å². The van der Waals surface area contributed by atoms with Gasteiger partial charge >= 0.3 is 0 Å². The summed E-state index contributed by atoms with van der Waals surface area (Å²) in [5.74, 6) is 3.10. The molecule has 17 heavy (non-hydrogen) atoms. The van der Waals surface area contributed by atoms with E-state index in [4.69, 9.17) is 0 Å². The molecular formula is C12H19N3OS. The minimum atomic E-state index is -0.0137. The van der Waals surface area contributed by atoms with Crippen LogP contribution in [-0.4, -0.2) is 28.8 Å². The number of aromatic nitrogens is 2. The summed E-state index contributed by atoms with van der Waals surface area (Å²) < 4.78 is 0. The van der Waals surface area contributed by atoms with E-state index in [2.05, 4.69) is 22.2 Å². The fourth-order valence-electron chi connectivity index (χ4n) is 2.12. The molecule has 94 valence electrons. The number of H-pyrrole nitrogens is 1. The van der Waals surface area contributed by atoms with E-state index in [-0.39, 0.29) is 5.56 Å². The Morgan fingerprint density at radius 3 is 2.94 bits per heavy atom. The molecule has 0 atom stereocenters. The van der Waals surface area contributed by atoms with Crippen LogP contribution in [0, 0.1) is 0 Å². The minimum absolute atomic E-state index is 0.0137. The monoisotopic (exact) mass is 253 g/mol. The Morgan fingerprint density at radius 2 is 2.24 bits per heavy atom. The van der Waals surface area contributed by atoms with Gasteiger partial charge in [-0.2, -0.15) is 11.8 Å². The van der Waals surface area contributed by atoms with Crippen LogP contribution in [0.15, 0.2) is 10.9 Å². The van der Waals surface area contributed by atoms with Gasteiger partial charge in [0.05, 0.1) is 11.4 Å². The zero-order valence-corrected chi connectivity index (χ0v) is 11.0. The van der Waals surface area contributed by atoms with Crippen LogP contribution in [0.4, 0.5) is 0 Å². The van der Waals surface area contributed by atoms with Crippen LogP contribution in [0.1, 0.15) is 37.2 Å². The van der Waals surface area contributed by atoms with Crippen molar-refractivity contribution in [1.29, 1.82) is 0 Å². The Hall–Kier alpha value is -0.810. The van der Waals surface area contributed by atoms with Gasteiger partial charge in [0.15, 0.2) is 0 Å². The molecule has 5 heteroatoms. The van der Waals surface area contributed by atoms with Gasteiger partial charge < -0.3 is 10.3 Å². The van der Waals surface area contributed by atoms with Crippen LogP contribution in [0.25, 0.3) is 0 Å². The van der Waals surface area contributed by atoms with E-state index in [1.165, 1.54) is 0 Å². The SMILES string of the molecule is CCSCc1nc(C2CCNCC2)cc(=O)[nH]1. The van der Waals surface area contributed by atoms with E-state index in [0.717, 1.165) is 49.0 Å². The highest BCUT2D eigenvalue weighted by molar-refractivity contribution is 7.98. The van der Waals surface area contributed by atoms with E-state index in [1.54, 1.807) is 17.8 Å². The maximum atomic E-state index is 11.6. The van der Waals surface area contributed by atoms with Gasteiger partial charge in [0.2, 0.25) is 0 Å². The van der Waals surface area contributed by atoms with Gasteiger partial charge in [-0.1, -0.05) is 6.92 Å². The molecule has 2 N–H and O–H groups in total. The Kier molecular flexibility index (Phi) is 4.62. The third-order valence-electron chi connectivity index (χ3n) is 3.01. The lowest BCUT2D eigenvalue weighted by Crippen LogP contribution is -2.28. The fraction of sp³-hybridized carbons (Fsp3) is 0.667. The summed E-state index contributed by atoms with van der Waals surface area (Å²) in [4.78, 5) is 19.0. The van der Waals surface area contributed by atoms with E-state index < -0.39 is 0 Å². The first kappa shape index (κ1) is 12.6. The first-order valence-corrected chi connectivity index (χ1v) is 7.33. The number of rotatable bonds is 4. The van der Waals surface area contributed by atoms with Crippen LogP contribution in [0.5, 0.6) is 0 Å². The summed E-state index contributed by atoms with van der Waals surface area (Å²) in [6.07, 6.45) is 2.16. The molecule has 1 aliphatic heterocycles. The highest BCUT2D eigenvalue weighted by atomic mass is 32.2. The number of nitrogens with zero attached hydrogens (tertiary/aromatic N) is 1. The van der Waals surface area contributed by atoms with Gasteiger partial charge in [0.25, 0.3) is 5.56 Å². The number of nitrogens with one attached hydrogen (secondary N) is 2. The average Bonchev–Trinajstić information content (AvgIpc) is 2.37. The summed E-state index contributed by atoms with van der Waals surface area (Å²) >= 11 is 1.78. The van der Waals surface area contributed by atoms with Crippen LogP contribution in [0.3, 0.4) is 0 Å². The van der Waals surface area contributed by atoms with Crippen molar-refractivity contribution in [3.8, 4) is 0 Å². The molecule has 2 rings (SSSR count). The second-order valence-electron chi connectivity index (χ2n) is 4.28. The summed E-state index contributed by atoms with van der Waals surface area (Å²) in [6.45, 7) is 4.16. The molecule has 0 aliphatic carbocycles. The molecule has 1 saturated heterocycles. The molecule has 1 fully saturated rings. The molecule has 1 aliphatic rings. The van der Waals surface area contributed by atoms with Crippen molar-refractivity contribution in [2.75, 3.05) is 18.8 Å². The second kappa shape index (κ2) is 6.21. The maximum absolute atomic E-state index is 11.6. The third kappa shape index (κ3) is 3.57. The summed E-state index contributed by atoms with van der Waals surface area (Å²) in [5.41, 5.74) is 0.960. The second-order valence-corrected chi connectivity index (χ2v) is 5.55. The molecule has 1 aromatic heterocycles. The average molecular weight is 253 g/mol. The molecular weight excluding hydrogens is 234 g/mol. The van der Waals surface area contributed by atoms with E-state index >= 15 is 0 Å². The Bertz CT molecular complexity index is 412. The predicted octanol–water partition coefficient (Wildman–Crippen LogP) is 1.49. The van der Waals surface area contributed by atoms with Gasteiger partial charge in [-0.15, -0.1) is 0 Å². The lowest BCUT2D eigenvalue weighted by molar-refractivity contribution is 0.451. The van der Waals surface area contributed by atoms with Gasteiger partial charge in [-0.3, -0.25) is 4.79 Å². The van der Waals surface area contributed by atoms with E-state index in [9.17, 15) is 4.79 Å². The fourth-order valence-corrected chi connectivity index (χ4v) is 2.66. The molecule has 0 bridgehead atoms. The molecule has 0 spiro atoms. The van der Waals surface area contributed by atoms with Gasteiger partial charge in [0, 0.05) is 12.0 Å². The Labute approximate surface area is 106 Å². The van der Waals surface area contributed by atoms with Crippen molar-refractivity contribution in [1.82, 2.24) is 15.3 Å². The molecule has 2 heterocycles. The maximum Gasteiger partial charge on any atom is 0.251 e. The van der Waals surface area contributed by atoms with Gasteiger partial charge in [-0.25, -0.2) is 4.98 Å². The molecule has 0 aromatic carbocycles. The van der Waals surface area contributed by atoms with Crippen molar-refractivity contribution in [2.24, 2.45) is 0 Å². The highest BCUT2D eigenvalue weighted by Gasteiger charge is 2.17. The topological polar surface area (TPSA) is 57.8 Å². The highest BCUT2D eigenvalue weighted by Crippen LogP contribution is 2.22. The minimum Gasteiger partial charge on any atom is -0.317 e. The van der Waals surface area contributed by atoms with Crippen molar-refractivity contribution in [3.63, 3.8) is 0 Å². The number of hydrogen-bond donors (Lipinski definition) is 2. The molecule has 0 amide bonds. The number of piperidine rings is 1. The van der Waals surface area contributed by atoms with Crippen LogP contribution < -0.4 is 10.9 Å². The lowest BCUT2D eigenvalue weighted by atomic mass is 9.94. The Balaban J connectivity index is 2.15. The molecule has 0 saturated carbocycles. The van der Waals surface area contributed by atoms with Crippen molar-refractivity contribution >= 4 is 11.8 Å². The largest absolute Gasteiger partial charge is 0.317 e. The molecule has 0 unspecified atom stereocenters. The Morgan fingerprint density at radius 1 is 1.47 bits per heavy atom. The van der Waals surface area contributed by atoms with Crippen LogP contribution in [-0.2, 0) is 5.75 Å². The number of aromatic amines is 1. The third-order valence-corrected chi connectivity index (χ3v) is 3.90. The van der Waals surface area contributed by atoms with Crippen LogP contribution >= 0.6 is 11.8 Å². The molecule has 0 radical (unpaired) electrons. The van der Waals surface area contributed by atoms with Crippen molar-refractivity contribution < 1.29 is 0 Å². The zero-order chi connectivity index (χ0) is 12.1. The predicted molar refractivity (Wildman–Crippen MR) is 71.5 cm³/mol. The van der Waals surface area contributed by atoms with Crippen LogP contribution in [0.2, 0.25) is 0 Å². The summed E-state index contributed by atoms with van der Waals surface area (Å²) in [7, 11) is 0. The number of thioether (sulfide) groups is 1. The zero-order valence-electron chi connectivity index (χ0n) is 10.2. The first-order valence-electron chi connectivity index (χ1n) is 6.18. The molecule has 1 aromatic rings. The normalized spacial score (nSPS) is 17.2. The smallest absolute Gasteiger partial charge is 0.251 e. The van der Waals surface area contributed by atoms with E-state index in [1.807, 2.05) is 0 Å². The van der Waals surface area contributed by atoms with Gasteiger partial charge in [-0.05, 0) is 31.7 Å². The standard InChI is InChI=1S/C12H19N3OS/c1-2-17-8-11-14-10(7-12(16)15-11)9-3-5-13-6-4-9/h7,9,13H,2-6,8H2,1H3,(H,14,15,16). The lowest BCUT2D eigenvalue weighted by Gasteiger charge is -2.22. The van der Waals surface area contributed by atoms with Crippen molar-refractivity contribution in [2.45, 2.75) is 31.4 Å². The summed E-state index contributed by atoms with van der Waals surface area (Å²) in [5, 5.41) is 3.33. The quantitative estimate of drug-likeness (QED) is 0.853. The molecule has 4 nitrogen and oxygen atoms in total. The van der Waals surface area contributed by atoms with E-state index in [0.29, 0.717) is 5.92 Å².